The van der Waals surface area contributed by atoms with Crippen LogP contribution in [0.1, 0.15) is 37.0 Å². The molecule has 1 aromatic heterocycles. The van der Waals surface area contributed by atoms with Gasteiger partial charge in [0.2, 0.25) is 5.91 Å². The molecule has 0 saturated carbocycles. The average molecular weight is 362 g/mol. The fraction of sp³-hybridized carbons (Fsp3) is 0.474. The SMILES string of the molecule is C=CCN(CC(=O)NC(=O)NCCC1=CCCCC1)Cc1cccs1. The molecule has 0 saturated heterocycles. The predicted octanol–water partition coefficient (Wildman–Crippen LogP) is 3.45. The number of allylic oxidation sites excluding steroid dienone is 1. The van der Waals surface area contributed by atoms with Crippen LogP contribution in [0.3, 0.4) is 0 Å². The van der Waals surface area contributed by atoms with Crippen LogP contribution in [0.4, 0.5) is 4.79 Å². The number of nitrogens with zero attached hydrogens (tertiary/aromatic N) is 1. The lowest BCUT2D eigenvalue weighted by Crippen LogP contribution is -2.44. The fourth-order valence-electron chi connectivity index (χ4n) is 2.87. The molecular weight excluding hydrogens is 334 g/mol. The third-order valence-corrected chi connectivity index (χ3v) is 4.94. The molecule has 5 nitrogen and oxygen atoms in total. The molecule has 0 fully saturated rings. The van der Waals surface area contributed by atoms with E-state index in [0.717, 1.165) is 19.3 Å². The molecule has 0 spiro atoms. The van der Waals surface area contributed by atoms with E-state index in [1.54, 1.807) is 17.4 Å². The number of imide groups is 1. The summed E-state index contributed by atoms with van der Waals surface area (Å²) in [7, 11) is 0. The highest BCUT2D eigenvalue weighted by atomic mass is 32.1. The highest BCUT2D eigenvalue weighted by Crippen LogP contribution is 2.19. The monoisotopic (exact) mass is 361 g/mol. The summed E-state index contributed by atoms with van der Waals surface area (Å²) in [5, 5.41) is 7.18. The normalized spacial score (nSPS) is 14.0. The zero-order valence-electron chi connectivity index (χ0n) is 14.6. The maximum Gasteiger partial charge on any atom is 0.321 e. The third kappa shape index (κ3) is 7.67. The van der Waals surface area contributed by atoms with Crippen molar-refractivity contribution in [1.29, 1.82) is 0 Å². The second kappa shape index (κ2) is 10.8. The smallest absolute Gasteiger partial charge is 0.321 e. The van der Waals surface area contributed by atoms with Crippen LogP contribution in [-0.2, 0) is 11.3 Å². The maximum atomic E-state index is 12.1. The summed E-state index contributed by atoms with van der Waals surface area (Å²) < 4.78 is 0. The first kappa shape index (κ1) is 19.4. The Morgan fingerprint density at radius 3 is 2.92 bits per heavy atom. The molecule has 1 aromatic rings. The zero-order chi connectivity index (χ0) is 17.9. The number of thiophene rings is 1. The van der Waals surface area contributed by atoms with Gasteiger partial charge in [-0.1, -0.05) is 23.8 Å². The van der Waals surface area contributed by atoms with Crippen LogP contribution in [0.5, 0.6) is 0 Å². The van der Waals surface area contributed by atoms with Gasteiger partial charge in [0, 0.05) is 24.5 Å². The van der Waals surface area contributed by atoms with Gasteiger partial charge in [-0.15, -0.1) is 17.9 Å². The van der Waals surface area contributed by atoms with Crippen molar-refractivity contribution < 1.29 is 9.59 Å². The lowest BCUT2D eigenvalue weighted by molar-refractivity contribution is -0.121. The van der Waals surface area contributed by atoms with Crippen LogP contribution >= 0.6 is 11.3 Å². The van der Waals surface area contributed by atoms with Crippen LogP contribution in [0.25, 0.3) is 0 Å². The Balaban J connectivity index is 1.68. The van der Waals surface area contributed by atoms with Crippen LogP contribution in [0, 0.1) is 0 Å². The molecule has 2 N–H and O–H groups in total. The van der Waals surface area contributed by atoms with Crippen molar-refractivity contribution in [2.75, 3.05) is 19.6 Å². The minimum absolute atomic E-state index is 0.169. The number of hydrogen-bond donors (Lipinski definition) is 2. The summed E-state index contributed by atoms with van der Waals surface area (Å²) in [4.78, 5) is 27.1. The first-order chi connectivity index (χ1) is 12.2. The molecule has 0 atom stereocenters. The Hall–Kier alpha value is -1.92. The third-order valence-electron chi connectivity index (χ3n) is 4.08. The van der Waals surface area contributed by atoms with Crippen LogP contribution < -0.4 is 10.6 Å². The van der Waals surface area contributed by atoms with Gasteiger partial charge in [0.25, 0.3) is 0 Å². The number of hydrogen-bond acceptors (Lipinski definition) is 4. The van der Waals surface area contributed by atoms with Gasteiger partial charge in [-0.25, -0.2) is 4.79 Å². The van der Waals surface area contributed by atoms with Crippen molar-refractivity contribution in [3.05, 3.63) is 46.7 Å². The standard InChI is InChI=1S/C19H27N3O2S/c1-2-12-22(14-17-9-6-13-25-17)15-18(23)21-19(24)20-11-10-16-7-4-3-5-8-16/h2,6-7,9,13H,1,3-5,8,10-12,14-15H2,(H2,20,21,23,24). The molecule has 3 amide bonds. The van der Waals surface area contributed by atoms with Gasteiger partial charge < -0.3 is 5.32 Å². The Morgan fingerprint density at radius 1 is 1.36 bits per heavy atom. The van der Waals surface area contributed by atoms with E-state index < -0.39 is 6.03 Å². The molecule has 0 aliphatic heterocycles. The van der Waals surface area contributed by atoms with Crippen molar-refractivity contribution in [1.82, 2.24) is 15.5 Å². The molecule has 1 aliphatic carbocycles. The van der Waals surface area contributed by atoms with E-state index in [1.165, 1.54) is 23.3 Å². The lowest BCUT2D eigenvalue weighted by atomic mass is 9.97. The minimum Gasteiger partial charge on any atom is -0.337 e. The average Bonchev–Trinajstić information content (AvgIpc) is 3.09. The molecule has 1 aliphatic rings. The summed E-state index contributed by atoms with van der Waals surface area (Å²) in [5.74, 6) is -0.298. The number of carbonyl (C=O) groups excluding carboxylic acids is 2. The number of amides is 3. The number of urea groups is 1. The molecule has 136 valence electrons. The summed E-state index contributed by atoms with van der Waals surface area (Å²) in [6.45, 7) is 5.74. The number of nitrogens with one attached hydrogen (secondary N) is 2. The van der Waals surface area contributed by atoms with Gasteiger partial charge in [-0.05, 0) is 43.6 Å². The van der Waals surface area contributed by atoms with Gasteiger partial charge in [0.05, 0.1) is 6.54 Å². The summed E-state index contributed by atoms with van der Waals surface area (Å²) in [6.07, 6.45) is 9.66. The second-order valence-electron chi connectivity index (χ2n) is 6.20. The molecule has 0 unspecified atom stereocenters. The summed E-state index contributed by atoms with van der Waals surface area (Å²) in [6, 6.07) is 3.60. The number of rotatable bonds is 9. The topological polar surface area (TPSA) is 61.4 Å². The van der Waals surface area contributed by atoms with E-state index in [-0.39, 0.29) is 12.5 Å². The van der Waals surface area contributed by atoms with Crippen molar-refractivity contribution in [3.63, 3.8) is 0 Å². The molecule has 0 radical (unpaired) electrons. The molecule has 0 aromatic carbocycles. The Morgan fingerprint density at radius 2 is 2.24 bits per heavy atom. The zero-order valence-corrected chi connectivity index (χ0v) is 15.4. The van der Waals surface area contributed by atoms with Gasteiger partial charge in [0.1, 0.15) is 0 Å². The Kier molecular flexibility index (Phi) is 8.42. The van der Waals surface area contributed by atoms with E-state index in [4.69, 9.17) is 0 Å². The first-order valence-electron chi connectivity index (χ1n) is 8.78. The van der Waals surface area contributed by atoms with E-state index in [2.05, 4.69) is 23.3 Å². The molecule has 6 heteroatoms. The largest absolute Gasteiger partial charge is 0.337 e. The second-order valence-corrected chi connectivity index (χ2v) is 7.23. The van der Waals surface area contributed by atoms with E-state index >= 15 is 0 Å². The van der Waals surface area contributed by atoms with Gasteiger partial charge in [-0.2, -0.15) is 0 Å². The fourth-order valence-corrected chi connectivity index (χ4v) is 3.62. The number of carbonyl (C=O) groups is 2. The van der Waals surface area contributed by atoms with E-state index in [9.17, 15) is 9.59 Å². The van der Waals surface area contributed by atoms with E-state index in [1.807, 2.05) is 22.4 Å². The predicted molar refractivity (Wildman–Crippen MR) is 103 cm³/mol. The summed E-state index contributed by atoms with van der Waals surface area (Å²) in [5.41, 5.74) is 1.41. The van der Waals surface area contributed by atoms with Crippen molar-refractivity contribution in [2.45, 2.75) is 38.6 Å². The highest BCUT2D eigenvalue weighted by molar-refractivity contribution is 7.09. The highest BCUT2D eigenvalue weighted by Gasteiger charge is 2.13. The van der Waals surface area contributed by atoms with Crippen molar-refractivity contribution in [2.24, 2.45) is 0 Å². The van der Waals surface area contributed by atoms with Crippen molar-refractivity contribution >= 4 is 23.3 Å². The quantitative estimate of drug-likeness (QED) is 0.662. The molecule has 25 heavy (non-hydrogen) atoms. The Labute approximate surface area is 153 Å². The van der Waals surface area contributed by atoms with E-state index in [0.29, 0.717) is 19.6 Å². The van der Waals surface area contributed by atoms with Crippen LogP contribution in [-0.4, -0.2) is 36.5 Å². The molecule has 0 bridgehead atoms. The van der Waals surface area contributed by atoms with Gasteiger partial charge in [-0.3, -0.25) is 15.0 Å². The van der Waals surface area contributed by atoms with Crippen LogP contribution in [0.2, 0.25) is 0 Å². The minimum atomic E-state index is -0.420. The molecule has 2 rings (SSSR count). The van der Waals surface area contributed by atoms with Gasteiger partial charge >= 0.3 is 6.03 Å². The van der Waals surface area contributed by atoms with Crippen molar-refractivity contribution in [3.8, 4) is 0 Å². The van der Waals surface area contributed by atoms with Crippen LogP contribution in [0.15, 0.2) is 41.8 Å². The maximum absolute atomic E-state index is 12.1. The lowest BCUT2D eigenvalue weighted by Gasteiger charge is -2.19. The molecular formula is C19H27N3O2S. The molecule has 1 heterocycles. The Bertz CT molecular complexity index is 596. The summed E-state index contributed by atoms with van der Waals surface area (Å²) >= 11 is 1.65. The van der Waals surface area contributed by atoms with Gasteiger partial charge in [0.15, 0.2) is 0 Å². The first-order valence-corrected chi connectivity index (χ1v) is 9.66.